The van der Waals surface area contributed by atoms with Gasteiger partial charge in [-0.1, -0.05) is 0 Å². The van der Waals surface area contributed by atoms with Crippen LogP contribution in [0.25, 0.3) is 0 Å². The molecule has 1 atom stereocenters. The van der Waals surface area contributed by atoms with Crippen LogP contribution in [-0.4, -0.2) is 62.5 Å². The van der Waals surface area contributed by atoms with Gasteiger partial charge in [0.05, 0.1) is 11.7 Å². The summed E-state index contributed by atoms with van der Waals surface area (Å²) in [4.78, 5) is 0. The molecule has 2 N–H and O–H groups in total. The van der Waals surface area contributed by atoms with E-state index in [0.717, 1.165) is 0 Å². The Morgan fingerprint density at radius 2 is 2.06 bits per heavy atom. The van der Waals surface area contributed by atoms with Gasteiger partial charge in [0, 0.05) is 33.7 Å². The molecule has 6 nitrogen and oxygen atoms in total. The summed E-state index contributed by atoms with van der Waals surface area (Å²) in [5, 5.41) is 0. The Morgan fingerprint density at radius 1 is 1.50 bits per heavy atom. The van der Waals surface area contributed by atoms with Crippen molar-refractivity contribution < 1.29 is 13.2 Å². The lowest BCUT2D eigenvalue weighted by atomic mass is 10.1. The van der Waals surface area contributed by atoms with Gasteiger partial charge in [-0.05, 0) is 13.8 Å². The topological polar surface area (TPSA) is 75.9 Å². The highest BCUT2D eigenvalue weighted by atomic mass is 32.2. The summed E-state index contributed by atoms with van der Waals surface area (Å²) in [6, 6.07) is 0. The normalized spacial score (nSPS) is 27.2. The number of nitrogens with two attached hydrogens (primary N) is 1. The molecule has 0 aromatic heterocycles. The second kappa shape index (κ2) is 4.58. The quantitative estimate of drug-likeness (QED) is 0.715. The highest BCUT2D eigenvalue weighted by molar-refractivity contribution is 7.86. The van der Waals surface area contributed by atoms with Crippen LogP contribution in [0.5, 0.6) is 0 Å². The Hall–Kier alpha value is -0.210. The van der Waals surface area contributed by atoms with Crippen LogP contribution in [0.2, 0.25) is 0 Å². The van der Waals surface area contributed by atoms with E-state index in [1.165, 1.54) is 22.7 Å². The van der Waals surface area contributed by atoms with Gasteiger partial charge in [-0.2, -0.15) is 17.0 Å². The Balaban J connectivity index is 2.90. The first-order chi connectivity index (χ1) is 7.19. The molecule has 0 amide bonds. The predicted octanol–water partition coefficient (Wildman–Crippen LogP) is -0.769. The summed E-state index contributed by atoms with van der Waals surface area (Å²) in [5.41, 5.74) is 5.05. The van der Waals surface area contributed by atoms with E-state index >= 15 is 0 Å². The summed E-state index contributed by atoms with van der Waals surface area (Å²) in [6.45, 7) is 4.73. The van der Waals surface area contributed by atoms with E-state index in [-0.39, 0.29) is 6.10 Å². The molecule has 1 rings (SSSR count). The molecule has 1 heterocycles. The van der Waals surface area contributed by atoms with E-state index in [0.29, 0.717) is 19.6 Å². The molecule has 0 radical (unpaired) electrons. The second-order valence-electron chi connectivity index (χ2n) is 4.82. The smallest absolute Gasteiger partial charge is 0.281 e. The maximum absolute atomic E-state index is 12.0. The van der Waals surface area contributed by atoms with Crippen LogP contribution in [0, 0.1) is 0 Å². The van der Waals surface area contributed by atoms with Gasteiger partial charge in [0.1, 0.15) is 0 Å². The molecule has 0 aliphatic carbocycles. The van der Waals surface area contributed by atoms with Gasteiger partial charge in [-0.3, -0.25) is 0 Å². The molecule has 16 heavy (non-hydrogen) atoms. The monoisotopic (exact) mass is 251 g/mol. The third-order valence-electron chi connectivity index (χ3n) is 2.50. The summed E-state index contributed by atoms with van der Waals surface area (Å²) >= 11 is 0. The molecular formula is C9H21N3O3S. The van der Waals surface area contributed by atoms with Crippen LogP contribution in [-0.2, 0) is 14.9 Å². The van der Waals surface area contributed by atoms with Crippen molar-refractivity contribution in [1.82, 2.24) is 8.61 Å². The number of hydrogen-bond acceptors (Lipinski definition) is 4. The van der Waals surface area contributed by atoms with Crippen LogP contribution in [0.4, 0.5) is 0 Å². The van der Waals surface area contributed by atoms with E-state index in [2.05, 4.69) is 0 Å². The highest BCUT2D eigenvalue weighted by Gasteiger charge is 2.39. The fraction of sp³-hybridized carbons (Fsp3) is 1.00. The van der Waals surface area contributed by atoms with Gasteiger partial charge >= 0.3 is 0 Å². The zero-order chi connectivity index (χ0) is 12.6. The van der Waals surface area contributed by atoms with Crippen molar-refractivity contribution in [3.05, 3.63) is 0 Å². The Kier molecular flexibility index (Phi) is 3.96. The molecule has 1 aliphatic rings. The lowest BCUT2D eigenvalue weighted by Gasteiger charge is -2.42. The lowest BCUT2D eigenvalue weighted by molar-refractivity contribution is -0.113. The van der Waals surface area contributed by atoms with E-state index in [4.69, 9.17) is 10.5 Å². The zero-order valence-corrected chi connectivity index (χ0v) is 11.1. The van der Waals surface area contributed by atoms with Gasteiger partial charge in [-0.15, -0.1) is 0 Å². The molecule has 96 valence electrons. The molecule has 0 saturated carbocycles. The van der Waals surface area contributed by atoms with Crippen LogP contribution in [0.3, 0.4) is 0 Å². The van der Waals surface area contributed by atoms with Gasteiger partial charge in [-0.25, -0.2) is 0 Å². The minimum atomic E-state index is -3.38. The Labute approximate surface area is 97.5 Å². The molecule has 0 bridgehead atoms. The van der Waals surface area contributed by atoms with Gasteiger partial charge in [0.15, 0.2) is 0 Å². The van der Waals surface area contributed by atoms with Gasteiger partial charge < -0.3 is 10.5 Å². The number of rotatable bonds is 3. The molecule has 7 heteroatoms. The van der Waals surface area contributed by atoms with E-state index in [9.17, 15) is 8.42 Å². The molecule has 1 unspecified atom stereocenters. The van der Waals surface area contributed by atoms with E-state index in [1.54, 1.807) is 0 Å². The van der Waals surface area contributed by atoms with Crippen molar-refractivity contribution >= 4 is 10.2 Å². The minimum Gasteiger partial charge on any atom is -0.368 e. The zero-order valence-electron chi connectivity index (χ0n) is 10.3. The third-order valence-corrected chi connectivity index (χ3v) is 4.35. The summed E-state index contributed by atoms with van der Waals surface area (Å²) in [5.74, 6) is 0. The lowest BCUT2D eigenvalue weighted by Crippen LogP contribution is -2.58. The minimum absolute atomic E-state index is 0.238. The standard InChI is InChI=1S/C9H21N3O3S/c1-9(2)7-12(6-8(5-10)15-9)16(13,14)11(3)4/h8H,5-7,10H2,1-4H3. The molecule has 1 fully saturated rings. The average Bonchev–Trinajstić information content (AvgIpc) is 2.14. The maximum atomic E-state index is 12.0. The summed E-state index contributed by atoms with van der Waals surface area (Å²) < 4.78 is 32.3. The van der Waals surface area contributed by atoms with Crippen LogP contribution >= 0.6 is 0 Å². The number of ether oxygens (including phenoxy) is 1. The predicted molar refractivity (Wildman–Crippen MR) is 62.2 cm³/mol. The first kappa shape index (κ1) is 13.9. The van der Waals surface area contributed by atoms with Crippen molar-refractivity contribution in [2.75, 3.05) is 33.7 Å². The van der Waals surface area contributed by atoms with Crippen LogP contribution in [0.15, 0.2) is 0 Å². The van der Waals surface area contributed by atoms with Gasteiger partial charge in [0.2, 0.25) is 0 Å². The number of hydrogen-bond donors (Lipinski definition) is 1. The Morgan fingerprint density at radius 3 is 2.50 bits per heavy atom. The number of nitrogens with zero attached hydrogens (tertiary/aromatic N) is 2. The molecule has 0 spiro atoms. The van der Waals surface area contributed by atoms with Gasteiger partial charge in [0.25, 0.3) is 10.2 Å². The Bertz CT molecular complexity index is 340. The van der Waals surface area contributed by atoms with Crippen molar-refractivity contribution in [2.24, 2.45) is 5.73 Å². The first-order valence-electron chi connectivity index (χ1n) is 5.24. The van der Waals surface area contributed by atoms with Crippen molar-refractivity contribution in [1.29, 1.82) is 0 Å². The molecule has 1 aliphatic heterocycles. The highest BCUT2D eigenvalue weighted by Crippen LogP contribution is 2.23. The molecule has 0 aromatic rings. The fourth-order valence-corrected chi connectivity index (χ4v) is 3.06. The van der Waals surface area contributed by atoms with E-state index in [1.807, 2.05) is 13.8 Å². The van der Waals surface area contributed by atoms with Crippen molar-refractivity contribution in [3.8, 4) is 0 Å². The van der Waals surface area contributed by atoms with Crippen molar-refractivity contribution in [2.45, 2.75) is 25.6 Å². The SMILES string of the molecule is CN(C)S(=O)(=O)N1CC(CN)OC(C)(C)C1. The fourth-order valence-electron chi connectivity index (χ4n) is 1.77. The summed E-state index contributed by atoms with van der Waals surface area (Å²) in [7, 11) is -0.337. The largest absolute Gasteiger partial charge is 0.368 e. The van der Waals surface area contributed by atoms with E-state index < -0.39 is 15.8 Å². The van der Waals surface area contributed by atoms with Crippen molar-refractivity contribution in [3.63, 3.8) is 0 Å². The van der Waals surface area contributed by atoms with Crippen LogP contribution in [0.1, 0.15) is 13.8 Å². The summed E-state index contributed by atoms with van der Waals surface area (Å²) in [6.07, 6.45) is -0.238. The second-order valence-corrected chi connectivity index (χ2v) is 6.96. The average molecular weight is 251 g/mol. The first-order valence-corrected chi connectivity index (χ1v) is 6.64. The third kappa shape index (κ3) is 2.92. The maximum Gasteiger partial charge on any atom is 0.281 e. The molecule has 0 aromatic carbocycles. The molecule has 1 saturated heterocycles. The number of morpholine rings is 1. The molecular weight excluding hydrogens is 230 g/mol. The van der Waals surface area contributed by atoms with Crippen LogP contribution < -0.4 is 5.73 Å².